The number of aromatic hydroxyl groups is 1. The third kappa shape index (κ3) is 2.04. The second kappa shape index (κ2) is 5.59. The SMILES string of the molecule is CC[C@@]1(C(=O)OC)[NH2+][C@@H](c2ccc(O)cc2)[C@H]2C(=O)N(C)C(=O)[C@@H]21. The molecule has 128 valence electrons. The number of likely N-dealkylation sites (tertiary alicyclic amines) is 1. The van der Waals surface area contributed by atoms with E-state index >= 15 is 0 Å². The molecule has 2 heterocycles. The highest BCUT2D eigenvalue weighted by Gasteiger charge is 2.71. The number of benzene rings is 1. The molecule has 2 saturated heterocycles. The van der Waals surface area contributed by atoms with Crippen molar-refractivity contribution in [1.29, 1.82) is 0 Å². The van der Waals surface area contributed by atoms with E-state index in [4.69, 9.17) is 4.74 Å². The summed E-state index contributed by atoms with van der Waals surface area (Å²) in [5.74, 6) is -2.35. The number of phenols is 1. The Hall–Kier alpha value is -2.41. The molecule has 1 aromatic carbocycles. The maximum Gasteiger partial charge on any atom is 0.368 e. The van der Waals surface area contributed by atoms with E-state index in [2.05, 4.69) is 0 Å². The molecule has 0 spiro atoms. The van der Waals surface area contributed by atoms with E-state index in [9.17, 15) is 19.5 Å². The Labute approximate surface area is 139 Å². The van der Waals surface area contributed by atoms with Crippen LogP contribution in [0.5, 0.6) is 5.75 Å². The summed E-state index contributed by atoms with van der Waals surface area (Å²) < 4.78 is 4.97. The van der Waals surface area contributed by atoms with Crippen molar-refractivity contribution >= 4 is 17.8 Å². The molecule has 2 aliphatic heterocycles. The molecule has 0 radical (unpaired) electrons. The number of imide groups is 1. The monoisotopic (exact) mass is 333 g/mol. The minimum absolute atomic E-state index is 0.119. The first-order valence-corrected chi connectivity index (χ1v) is 7.92. The van der Waals surface area contributed by atoms with Crippen molar-refractivity contribution in [3.05, 3.63) is 29.8 Å². The van der Waals surface area contributed by atoms with Crippen LogP contribution in [0.2, 0.25) is 0 Å². The molecule has 0 aliphatic carbocycles. The van der Waals surface area contributed by atoms with Crippen molar-refractivity contribution in [2.75, 3.05) is 14.2 Å². The van der Waals surface area contributed by atoms with Gasteiger partial charge in [0.2, 0.25) is 17.4 Å². The molecule has 4 atom stereocenters. The Morgan fingerprint density at radius 1 is 1.29 bits per heavy atom. The Bertz CT molecular complexity index is 701. The third-order valence-corrected chi connectivity index (χ3v) is 5.42. The summed E-state index contributed by atoms with van der Waals surface area (Å²) in [6.45, 7) is 1.82. The van der Waals surface area contributed by atoms with Crippen LogP contribution in [-0.2, 0) is 19.1 Å². The summed E-state index contributed by atoms with van der Waals surface area (Å²) in [5.41, 5.74) is -0.321. The molecule has 0 saturated carbocycles. The van der Waals surface area contributed by atoms with E-state index in [1.165, 1.54) is 26.3 Å². The number of phenolic OH excluding ortho intramolecular Hbond substituents is 1. The van der Waals surface area contributed by atoms with Gasteiger partial charge in [-0.1, -0.05) is 6.92 Å². The number of carbonyl (C=O) groups is 3. The van der Waals surface area contributed by atoms with Crippen LogP contribution in [0, 0.1) is 11.8 Å². The Kier molecular flexibility index (Phi) is 3.83. The van der Waals surface area contributed by atoms with Crippen LogP contribution < -0.4 is 5.32 Å². The lowest BCUT2D eigenvalue weighted by Crippen LogP contribution is -2.98. The molecule has 24 heavy (non-hydrogen) atoms. The summed E-state index contributed by atoms with van der Waals surface area (Å²) >= 11 is 0. The van der Waals surface area contributed by atoms with Crippen molar-refractivity contribution in [3.8, 4) is 5.75 Å². The van der Waals surface area contributed by atoms with Crippen molar-refractivity contribution in [1.82, 2.24) is 4.90 Å². The molecule has 3 N–H and O–H groups in total. The average Bonchev–Trinajstić information content (AvgIpc) is 3.05. The largest absolute Gasteiger partial charge is 0.508 e. The van der Waals surface area contributed by atoms with E-state index in [0.717, 1.165) is 10.5 Å². The maximum atomic E-state index is 12.7. The van der Waals surface area contributed by atoms with E-state index in [0.29, 0.717) is 6.42 Å². The number of carbonyl (C=O) groups excluding carboxylic acids is 3. The van der Waals surface area contributed by atoms with Gasteiger partial charge in [0.15, 0.2) is 0 Å². The second-order valence-corrected chi connectivity index (χ2v) is 6.41. The molecule has 2 amide bonds. The van der Waals surface area contributed by atoms with E-state index in [1.807, 2.05) is 6.92 Å². The van der Waals surface area contributed by atoms with Crippen LogP contribution in [0.1, 0.15) is 24.9 Å². The highest BCUT2D eigenvalue weighted by Crippen LogP contribution is 2.45. The zero-order valence-electron chi connectivity index (χ0n) is 13.9. The van der Waals surface area contributed by atoms with Gasteiger partial charge in [0.1, 0.15) is 23.6 Å². The van der Waals surface area contributed by atoms with E-state index in [1.54, 1.807) is 17.4 Å². The molecule has 3 rings (SSSR count). The molecule has 7 nitrogen and oxygen atoms in total. The zero-order valence-corrected chi connectivity index (χ0v) is 13.9. The van der Waals surface area contributed by atoms with Crippen LogP contribution in [0.15, 0.2) is 24.3 Å². The maximum absolute atomic E-state index is 12.7. The second-order valence-electron chi connectivity index (χ2n) is 6.41. The lowest BCUT2D eigenvalue weighted by atomic mass is 9.78. The van der Waals surface area contributed by atoms with Crippen LogP contribution >= 0.6 is 0 Å². The van der Waals surface area contributed by atoms with E-state index in [-0.39, 0.29) is 23.6 Å². The summed E-state index contributed by atoms with van der Waals surface area (Å²) in [6, 6.07) is 6.12. The highest BCUT2D eigenvalue weighted by atomic mass is 16.5. The fourth-order valence-corrected chi connectivity index (χ4v) is 4.13. The van der Waals surface area contributed by atoms with Gasteiger partial charge in [-0.25, -0.2) is 4.79 Å². The van der Waals surface area contributed by atoms with Crippen LogP contribution in [0.25, 0.3) is 0 Å². The predicted molar refractivity (Wildman–Crippen MR) is 82.6 cm³/mol. The number of amides is 2. The lowest BCUT2D eigenvalue weighted by Gasteiger charge is -2.27. The predicted octanol–water partition coefficient (Wildman–Crippen LogP) is -0.437. The minimum Gasteiger partial charge on any atom is -0.508 e. The number of esters is 1. The van der Waals surface area contributed by atoms with Gasteiger partial charge in [0.05, 0.1) is 7.11 Å². The number of hydrogen-bond donors (Lipinski definition) is 2. The summed E-state index contributed by atoms with van der Waals surface area (Å²) in [7, 11) is 2.75. The molecular formula is C17H21N2O5+. The minimum atomic E-state index is -1.11. The number of ether oxygens (including phenoxy) is 1. The number of hydrogen-bond acceptors (Lipinski definition) is 5. The van der Waals surface area contributed by atoms with Gasteiger partial charge in [-0.15, -0.1) is 0 Å². The lowest BCUT2D eigenvalue weighted by molar-refractivity contribution is -0.734. The van der Waals surface area contributed by atoms with E-state index < -0.39 is 23.3 Å². The van der Waals surface area contributed by atoms with Gasteiger partial charge in [0, 0.05) is 19.0 Å². The standard InChI is InChI=1S/C17H20N2O5/c1-4-17(16(23)24-3)12-11(14(21)19(2)15(12)22)13(18-17)9-5-7-10(20)8-6-9/h5-8,11-13,18,20H,4H2,1-3H3/p+1/t11-,12+,13-,17+/m0/s1. The Morgan fingerprint density at radius 3 is 2.46 bits per heavy atom. The Balaban J connectivity index is 2.12. The van der Waals surface area contributed by atoms with Crippen molar-refractivity contribution in [2.24, 2.45) is 11.8 Å². The molecule has 2 fully saturated rings. The smallest absolute Gasteiger partial charge is 0.368 e. The van der Waals surface area contributed by atoms with Gasteiger partial charge in [-0.3, -0.25) is 14.5 Å². The quantitative estimate of drug-likeness (QED) is 0.577. The first-order chi connectivity index (χ1) is 11.4. The van der Waals surface area contributed by atoms with Gasteiger partial charge in [-0.05, 0) is 24.3 Å². The van der Waals surface area contributed by atoms with Gasteiger partial charge in [0.25, 0.3) is 0 Å². The molecule has 0 unspecified atom stereocenters. The number of nitrogens with two attached hydrogens (primary N) is 1. The number of rotatable bonds is 3. The average molecular weight is 333 g/mol. The highest BCUT2D eigenvalue weighted by molar-refractivity contribution is 6.08. The van der Waals surface area contributed by atoms with Crippen molar-refractivity contribution in [3.63, 3.8) is 0 Å². The first kappa shape index (κ1) is 16.4. The molecule has 2 aliphatic rings. The molecule has 1 aromatic rings. The summed E-state index contributed by atoms with van der Waals surface area (Å²) in [5, 5.41) is 11.3. The van der Waals surface area contributed by atoms with Crippen LogP contribution in [0.4, 0.5) is 0 Å². The molecule has 0 bridgehead atoms. The fourth-order valence-electron chi connectivity index (χ4n) is 4.13. The van der Waals surface area contributed by atoms with Crippen LogP contribution in [0.3, 0.4) is 0 Å². The third-order valence-electron chi connectivity index (χ3n) is 5.42. The fraction of sp³-hybridized carbons (Fsp3) is 0.471. The number of methoxy groups -OCH3 is 1. The summed E-state index contributed by atoms with van der Waals surface area (Å²) in [4.78, 5) is 38.9. The van der Waals surface area contributed by atoms with Crippen LogP contribution in [-0.4, -0.2) is 47.5 Å². The van der Waals surface area contributed by atoms with Gasteiger partial charge >= 0.3 is 5.97 Å². The van der Waals surface area contributed by atoms with Gasteiger partial charge < -0.3 is 15.2 Å². The molecule has 0 aromatic heterocycles. The summed E-state index contributed by atoms with van der Waals surface area (Å²) in [6.07, 6.45) is 0.377. The number of quaternary nitrogens is 1. The first-order valence-electron chi connectivity index (χ1n) is 7.92. The topological polar surface area (TPSA) is 101 Å². The number of fused-ring (bicyclic) bond motifs is 1. The van der Waals surface area contributed by atoms with Crippen molar-refractivity contribution in [2.45, 2.75) is 24.9 Å². The zero-order chi connectivity index (χ0) is 17.6. The van der Waals surface area contributed by atoms with Gasteiger partial charge in [-0.2, -0.15) is 0 Å². The normalized spacial score (nSPS) is 32.1. The van der Waals surface area contributed by atoms with Crippen molar-refractivity contribution < 1.29 is 29.5 Å². The number of nitrogens with zero attached hydrogens (tertiary/aromatic N) is 1. The molecular weight excluding hydrogens is 312 g/mol. The molecule has 7 heteroatoms. The Morgan fingerprint density at radius 2 is 1.92 bits per heavy atom.